The van der Waals surface area contributed by atoms with E-state index in [0.717, 1.165) is 13.5 Å². The lowest BCUT2D eigenvalue weighted by atomic mass is 10.4. The van der Waals surface area contributed by atoms with Gasteiger partial charge in [0.25, 0.3) is 5.97 Å². The maximum absolute atomic E-state index is 9.00. The number of carboxylic acid groups (broad SMARTS) is 1. The van der Waals surface area contributed by atoms with Gasteiger partial charge in [0, 0.05) is 20.6 Å². The van der Waals surface area contributed by atoms with Gasteiger partial charge in [-0.1, -0.05) is 0 Å². The van der Waals surface area contributed by atoms with Crippen LogP contribution in [0.3, 0.4) is 0 Å². The van der Waals surface area contributed by atoms with Crippen molar-refractivity contribution in [3.05, 3.63) is 0 Å². The highest BCUT2D eigenvalue weighted by Crippen LogP contribution is 1.96. The van der Waals surface area contributed by atoms with Crippen molar-refractivity contribution in [3.8, 4) is 0 Å². The Bertz CT molecular complexity index is 144. The molecule has 0 heterocycles. The Kier molecular flexibility index (Phi) is 13.8. The third-order valence-corrected chi connectivity index (χ3v) is 1.47. The largest absolute Gasteiger partial charge is 0.481 e. The van der Waals surface area contributed by atoms with Gasteiger partial charge in [-0.15, -0.1) is 0 Å². The normalized spacial score (nSPS) is 13.6. The minimum Gasteiger partial charge on any atom is -0.481 e. The van der Waals surface area contributed by atoms with Gasteiger partial charge in [0.1, 0.15) is 0 Å². The number of carboxylic acids is 1. The summed E-state index contributed by atoms with van der Waals surface area (Å²) in [6, 6.07) is 0. The Morgan fingerprint density at radius 2 is 1.62 bits per heavy atom. The molecule has 0 aromatic rings. The van der Waals surface area contributed by atoms with Crippen molar-refractivity contribution in [1.29, 1.82) is 0 Å². The highest BCUT2D eigenvalue weighted by molar-refractivity contribution is 5.62. The summed E-state index contributed by atoms with van der Waals surface area (Å²) in [5.41, 5.74) is 0. The summed E-state index contributed by atoms with van der Waals surface area (Å²) < 4.78 is 15.7. The highest BCUT2D eigenvalue weighted by Gasteiger charge is 2.05. The van der Waals surface area contributed by atoms with E-state index in [0.29, 0.717) is 13.2 Å². The molecule has 0 radical (unpaired) electrons. The first-order valence-electron chi connectivity index (χ1n) is 5.35. The van der Waals surface area contributed by atoms with Crippen LogP contribution in [-0.2, 0) is 19.0 Å². The van der Waals surface area contributed by atoms with E-state index < -0.39 is 5.97 Å². The van der Waals surface area contributed by atoms with Crippen LogP contribution in [0.15, 0.2) is 0 Å². The van der Waals surface area contributed by atoms with Crippen LogP contribution in [0.5, 0.6) is 0 Å². The first-order chi connectivity index (χ1) is 7.43. The van der Waals surface area contributed by atoms with Crippen LogP contribution in [-0.4, -0.2) is 50.2 Å². The summed E-state index contributed by atoms with van der Waals surface area (Å²) in [7, 11) is 1.67. The van der Waals surface area contributed by atoms with Gasteiger partial charge in [0.15, 0.2) is 0 Å². The van der Waals surface area contributed by atoms with Crippen molar-refractivity contribution in [2.45, 2.75) is 39.9 Å². The number of methoxy groups -OCH3 is 1. The summed E-state index contributed by atoms with van der Waals surface area (Å²) in [6.45, 7) is 9.07. The van der Waals surface area contributed by atoms with Gasteiger partial charge in [0.05, 0.1) is 25.4 Å². The molecule has 0 spiro atoms. The van der Waals surface area contributed by atoms with E-state index in [1.807, 2.05) is 20.8 Å². The van der Waals surface area contributed by atoms with Gasteiger partial charge in [-0.2, -0.15) is 0 Å². The lowest BCUT2D eigenvalue weighted by Gasteiger charge is -2.16. The van der Waals surface area contributed by atoms with Crippen molar-refractivity contribution < 1.29 is 24.1 Å². The number of hydrogen-bond acceptors (Lipinski definition) is 4. The standard InChI is InChI=1S/C9H20O3.C2H4O2/c1-5-11-9(3)7-12-8(2)6-10-4;1-2(3)4/h8-9H,5-7H2,1-4H3;1H3,(H,3,4). The van der Waals surface area contributed by atoms with Crippen LogP contribution in [0, 0.1) is 0 Å². The smallest absolute Gasteiger partial charge is 0.300 e. The van der Waals surface area contributed by atoms with Gasteiger partial charge in [-0.3, -0.25) is 4.79 Å². The van der Waals surface area contributed by atoms with Gasteiger partial charge >= 0.3 is 0 Å². The minimum absolute atomic E-state index is 0.151. The van der Waals surface area contributed by atoms with Crippen LogP contribution < -0.4 is 0 Å². The molecule has 2 atom stereocenters. The van der Waals surface area contributed by atoms with E-state index in [1.54, 1.807) is 7.11 Å². The number of carbonyl (C=O) groups is 1. The molecule has 0 aliphatic heterocycles. The van der Waals surface area contributed by atoms with Crippen molar-refractivity contribution in [1.82, 2.24) is 0 Å². The van der Waals surface area contributed by atoms with Crippen LogP contribution in [0.25, 0.3) is 0 Å². The molecule has 2 unspecified atom stereocenters. The Balaban J connectivity index is 0. The van der Waals surface area contributed by atoms with Gasteiger partial charge in [-0.05, 0) is 20.8 Å². The molecule has 0 fully saturated rings. The van der Waals surface area contributed by atoms with Crippen molar-refractivity contribution >= 4 is 5.97 Å². The molecule has 0 aromatic carbocycles. The second-order valence-corrected chi connectivity index (χ2v) is 3.38. The van der Waals surface area contributed by atoms with E-state index in [9.17, 15) is 0 Å². The summed E-state index contributed by atoms with van der Waals surface area (Å²) in [5, 5.41) is 7.42. The lowest BCUT2D eigenvalue weighted by molar-refractivity contribution is -0.134. The second-order valence-electron chi connectivity index (χ2n) is 3.38. The second kappa shape index (κ2) is 12.4. The monoisotopic (exact) mass is 236 g/mol. The maximum atomic E-state index is 9.00. The molecule has 0 aliphatic carbocycles. The van der Waals surface area contributed by atoms with Gasteiger partial charge < -0.3 is 19.3 Å². The average molecular weight is 236 g/mol. The summed E-state index contributed by atoms with van der Waals surface area (Å²) in [5.74, 6) is -0.833. The first kappa shape index (κ1) is 17.7. The molecule has 0 rings (SSSR count). The molecule has 5 heteroatoms. The average Bonchev–Trinajstić information content (AvgIpc) is 2.15. The summed E-state index contributed by atoms with van der Waals surface area (Å²) >= 11 is 0. The predicted molar refractivity (Wildman–Crippen MR) is 61.7 cm³/mol. The van der Waals surface area contributed by atoms with Gasteiger partial charge in [0.2, 0.25) is 0 Å². The van der Waals surface area contributed by atoms with Crippen molar-refractivity contribution in [3.63, 3.8) is 0 Å². The number of rotatable bonds is 7. The predicted octanol–water partition coefficient (Wildman–Crippen LogP) is 1.55. The fourth-order valence-electron chi connectivity index (χ4n) is 0.915. The summed E-state index contributed by atoms with van der Waals surface area (Å²) in [4.78, 5) is 9.00. The molecule has 5 nitrogen and oxygen atoms in total. The highest BCUT2D eigenvalue weighted by atomic mass is 16.6. The van der Waals surface area contributed by atoms with E-state index >= 15 is 0 Å². The molecule has 98 valence electrons. The third kappa shape index (κ3) is 19.0. The quantitative estimate of drug-likeness (QED) is 0.726. The topological polar surface area (TPSA) is 65.0 Å². The van der Waals surface area contributed by atoms with E-state index in [1.165, 1.54) is 0 Å². The molecular weight excluding hydrogens is 212 g/mol. The molecule has 0 aliphatic rings. The van der Waals surface area contributed by atoms with E-state index in [2.05, 4.69) is 0 Å². The zero-order valence-corrected chi connectivity index (χ0v) is 10.9. The fourth-order valence-corrected chi connectivity index (χ4v) is 0.915. The minimum atomic E-state index is -0.833. The maximum Gasteiger partial charge on any atom is 0.300 e. The Hall–Kier alpha value is -0.650. The van der Waals surface area contributed by atoms with Crippen LogP contribution in [0.2, 0.25) is 0 Å². The van der Waals surface area contributed by atoms with Crippen LogP contribution in [0.4, 0.5) is 0 Å². The zero-order chi connectivity index (χ0) is 13.0. The number of aliphatic carboxylic acids is 1. The van der Waals surface area contributed by atoms with E-state index in [4.69, 9.17) is 24.1 Å². The van der Waals surface area contributed by atoms with Crippen molar-refractivity contribution in [2.75, 3.05) is 26.9 Å². The Labute approximate surface area is 97.7 Å². The number of hydrogen-bond donors (Lipinski definition) is 1. The molecule has 0 saturated carbocycles. The summed E-state index contributed by atoms with van der Waals surface area (Å²) in [6.07, 6.45) is 0.326. The Morgan fingerprint density at radius 3 is 2.00 bits per heavy atom. The molecule has 0 saturated heterocycles. The number of ether oxygens (including phenoxy) is 3. The van der Waals surface area contributed by atoms with Crippen LogP contribution >= 0.6 is 0 Å². The SMILES string of the molecule is CC(=O)O.CCOC(C)COC(C)COC. The third-order valence-electron chi connectivity index (χ3n) is 1.47. The molecule has 1 N–H and O–H groups in total. The van der Waals surface area contributed by atoms with E-state index in [-0.39, 0.29) is 12.2 Å². The molecule has 0 aromatic heterocycles. The fraction of sp³-hybridized carbons (Fsp3) is 0.909. The Morgan fingerprint density at radius 1 is 1.19 bits per heavy atom. The molecule has 16 heavy (non-hydrogen) atoms. The van der Waals surface area contributed by atoms with Crippen LogP contribution in [0.1, 0.15) is 27.7 Å². The lowest BCUT2D eigenvalue weighted by Crippen LogP contribution is -2.22. The molecule has 0 amide bonds. The molecular formula is C11H24O5. The van der Waals surface area contributed by atoms with Gasteiger partial charge in [-0.25, -0.2) is 0 Å². The van der Waals surface area contributed by atoms with Crippen molar-refractivity contribution in [2.24, 2.45) is 0 Å². The first-order valence-corrected chi connectivity index (χ1v) is 5.35. The zero-order valence-electron chi connectivity index (χ0n) is 10.9. The molecule has 0 bridgehead atoms.